The van der Waals surface area contributed by atoms with Crippen LogP contribution in [0, 0.1) is 12.8 Å². The topological polar surface area (TPSA) is 76.3 Å². The Morgan fingerprint density at radius 2 is 1.79 bits per heavy atom. The quantitative estimate of drug-likeness (QED) is 0.942. The summed E-state index contributed by atoms with van der Waals surface area (Å²) in [5.41, 5.74) is 9.02. The Morgan fingerprint density at radius 1 is 1.12 bits per heavy atom. The van der Waals surface area contributed by atoms with E-state index in [0.29, 0.717) is 31.5 Å². The van der Waals surface area contributed by atoms with E-state index in [2.05, 4.69) is 4.98 Å². The molecule has 0 radical (unpaired) electrons. The fourth-order valence-corrected chi connectivity index (χ4v) is 3.11. The average Bonchev–Trinajstić information content (AvgIpc) is 2.62. The Hall–Kier alpha value is -2.69. The monoisotopic (exact) mass is 323 g/mol. The van der Waals surface area contributed by atoms with Crippen LogP contribution in [0.1, 0.15) is 28.8 Å². The van der Waals surface area contributed by atoms with Crippen molar-refractivity contribution >= 4 is 11.8 Å². The van der Waals surface area contributed by atoms with E-state index >= 15 is 0 Å². The molecule has 2 N–H and O–H groups in total. The van der Waals surface area contributed by atoms with E-state index in [1.54, 1.807) is 11.1 Å². The third-order valence-electron chi connectivity index (χ3n) is 4.60. The van der Waals surface area contributed by atoms with E-state index in [-0.39, 0.29) is 17.7 Å². The van der Waals surface area contributed by atoms with Crippen LogP contribution in [0.15, 0.2) is 42.6 Å². The van der Waals surface area contributed by atoms with Crippen LogP contribution in [0.4, 0.5) is 0 Å². The molecule has 0 aliphatic carbocycles. The van der Waals surface area contributed by atoms with Crippen molar-refractivity contribution < 1.29 is 9.59 Å². The molecule has 0 spiro atoms. The predicted molar refractivity (Wildman–Crippen MR) is 92.2 cm³/mol. The summed E-state index contributed by atoms with van der Waals surface area (Å²) >= 11 is 0. The van der Waals surface area contributed by atoms with Gasteiger partial charge in [0.1, 0.15) is 0 Å². The van der Waals surface area contributed by atoms with Crippen LogP contribution in [0.2, 0.25) is 0 Å². The lowest BCUT2D eigenvalue weighted by Gasteiger charge is -2.30. The molecule has 3 rings (SSSR count). The van der Waals surface area contributed by atoms with Crippen molar-refractivity contribution in [2.45, 2.75) is 19.8 Å². The number of piperidine rings is 1. The van der Waals surface area contributed by atoms with Gasteiger partial charge in [0.15, 0.2) is 0 Å². The molecule has 5 nitrogen and oxygen atoms in total. The number of hydrogen-bond acceptors (Lipinski definition) is 3. The number of aromatic nitrogens is 1. The zero-order valence-electron chi connectivity index (χ0n) is 13.7. The minimum atomic E-state index is -0.266. The molecule has 1 aromatic carbocycles. The molecule has 124 valence electrons. The molecule has 1 aromatic heterocycles. The average molecular weight is 323 g/mol. The number of amides is 2. The van der Waals surface area contributed by atoms with Gasteiger partial charge < -0.3 is 10.6 Å². The number of pyridine rings is 1. The van der Waals surface area contributed by atoms with Gasteiger partial charge in [-0.2, -0.15) is 0 Å². The van der Waals surface area contributed by atoms with Gasteiger partial charge in [0.25, 0.3) is 5.91 Å². The van der Waals surface area contributed by atoms with Crippen LogP contribution in [0.5, 0.6) is 0 Å². The van der Waals surface area contributed by atoms with Crippen molar-refractivity contribution in [3.63, 3.8) is 0 Å². The van der Waals surface area contributed by atoms with Crippen LogP contribution >= 0.6 is 0 Å². The zero-order valence-corrected chi connectivity index (χ0v) is 13.7. The molecule has 2 aromatic rings. The van der Waals surface area contributed by atoms with Gasteiger partial charge in [0.05, 0.1) is 5.69 Å². The minimum Gasteiger partial charge on any atom is -0.369 e. The lowest BCUT2D eigenvalue weighted by atomic mass is 9.95. The van der Waals surface area contributed by atoms with Crippen molar-refractivity contribution in [1.82, 2.24) is 9.88 Å². The second-order valence-electron chi connectivity index (χ2n) is 6.22. The van der Waals surface area contributed by atoms with Gasteiger partial charge >= 0.3 is 0 Å². The minimum absolute atomic E-state index is 0.00205. The number of primary amides is 1. The Balaban J connectivity index is 1.71. The molecule has 0 atom stereocenters. The smallest absolute Gasteiger partial charge is 0.253 e. The molecule has 0 saturated carbocycles. The molecular formula is C19H21N3O2. The summed E-state index contributed by atoms with van der Waals surface area (Å²) in [6.07, 6.45) is 3.06. The highest BCUT2D eigenvalue weighted by Crippen LogP contribution is 2.23. The molecule has 1 aliphatic heterocycles. The van der Waals surface area contributed by atoms with E-state index in [1.165, 1.54) is 0 Å². The number of nitrogens with two attached hydrogens (primary N) is 1. The third-order valence-corrected chi connectivity index (χ3v) is 4.60. The van der Waals surface area contributed by atoms with Gasteiger partial charge in [-0.1, -0.05) is 18.2 Å². The normalized spacial score (nSPS) is 15.3. The van der Waals surface area contributed by atoms with E-state index in [0.717, 1.165) is 16.8 Å². The molecule has 1 saturated heterocycles. The number of aryl methyl sites for hydroxylation is 1. The molecule has 1 aliphatic rings. The van der Waals surface area contributed by atoms with Gasteiger partial charge in [0.2, 0.25) is 5.91 Å². The van der Waals surface area contributed by atoms with Crippen molar-refractivity contribution in [3.05, 3.63) is 53.7 Å². The number of rotatable bonds is 3. The number of nitrogens with zero attached hydrogens (tertiary/aromatic N) is 2. The van der Waals surface area contributed by atoms with Crippen molar-refractivity contribution in [2.75, 3.05) is 13.1 Å². The number of hydrogen-bond donors (Lipinski definition) is 1. The van der Waals surface area contributed by atoms with Gasteiger partial charge in [-0.05, 0) is 43.5 Å². The molecule has 2 heterocycles. The van der Waals surface area contributed by atoms with E-state index in [4.69, 9.17) is 5.73 Å². The Bertz CT molecular complexity index is 747. The summed E-state index contributed by atoms with van der Waals surface area (Å²) in [5.74, 6) is -0.372. The van der Waals surface area contributed by atoms with E-state index in [9.17, 15) is 9.59 Å². The number of carbonyl (C=O) groups excluding carboxylic acids is 2. The molecular weight excluding hydrogens is 302 g/mol. The van der Waals surface area contributed by atoms with Crippen LogP contribution in [0.3, 0.4) is 0 Å². The second kappa shape index (κ2) is 6.83. The standard InChI is InChI=1S/C19H21N3O2/c1-13-3-2-10-21-17(13)14-4-6-16(7-5-14)19(24)22-11-8-15(9-12-22)18(20)23/h2-7,10,15H,8-9,11-12H2,1H3,(H2,20,23). The highest BCUT2D eigenvalue weighted by atomic mass is 16.2. The first-order valence-electron chi connectivity index (χ1n) is 8.17. The number of carbonyl (C=O) groups is 2. The van der Waals surface area contributed by atoms with E-state index < -0.39 is 0 Å². The third kappa shape index (κ3) is 3.30. The Labute approximate surface area is 141 Å². The lowest BCUT2D eigenvalue weighted by Crippen LogP contribution is -2.41. The predicted octanol–water partition coefficient (Wildman–Crippen LogP) is 2.39. The fourth-order valence-electron chi connectivity index (χ4n) is 3.11. The maximum Gasteiger partial charge on any atom is 0.253 e. The second-order valence-corrected chi connectivity index (χ2v) is 6.22. The summed E-state index contributed by atoms with van der Waals surface area (Å²) in [6.45, 7) is 3.17. The van der Waals surface area contributed by atoms with Crippen LogP contribution in [-0.2, 0) is 4.79 Å². The molecule has 2 amide bonds. The molecule has 1 fully saturated rings. The Kier molecular flexibility index (Phi) is 4.60. The Morgan fingerprint density at radius 3 is 2.38 bits per heavy atom. The lowest BCUT2D eigenvalue weighted by molar-refractivity contribution is -0.123. The van der Waals surface area contributed by atoms with Crippen LogP contribution < -0.4 is 5.73 Å². The highest BCUT2D eigenvalue weighted by molar-refractivity contribution is 5.95. The highest BCUT2D eigenvalue weighted by Gasteiger charge is 2.26. The van der Waals surface area contributed by atoms with Crippen molar-refractivity contribution in [2.24, 2.45) is 11.7 Å². The molecule has 0 bridgehead atoms. The van der Waals surface area contributed by atoms with Crippen molar-refractivity contribution in [1.29, 1.82) is 0 Å². The largest absolute Gasteiger partial charge is 0.369 e. The maximum absolute atomic E-state index is 12.6. The molecule has 0 unspecified atom stereocenters. The summed E-state index contributed by atoms with van der Waals surface area (Å²) < 4.78 is 0. The number of likely N-dealkylation sites (tertiary alicyclic amines) is 1. The SMILES string of the molecule is Cc1cccnc1-c1ccc(C(=O)N2CCC(C(N)=O)CC2)cc1. The number of benzene rings is 1. The fraction of sp³-hybridized carbons (Fsp3) is 0.316. The summed E-state index contributed by atoms with van der Waals surface area (Å²) in [5, 5.41) is 0. The first-order valence-corrected chi connectivity index (χ1v) is 8.17. The van der Waals surface area contributed by atoms with Crippen molar-refractivity contribution in [3.8, 4) is 11.3 Å². The van der Waals surface area contributed by atoms with Gasteiger partial charge in [-0.25, -0.2) is 0 Å². The molecule has 5 heteroatoms. The summed E-state index contributed by atoms with van der Waals surface area (Å²) in [6, 6.07) is 11.5. The molecule has 24 heavy (non-hydrogen) atoms. The van der Waals surface area contributed by atoms with Gasteiger partial charge in [-0.15, -0.1) is 0 Å². The maximum atomic E-state index is 12.6. The van der Waals surface area contributed by atoms with Gasteiger partial charge in [0, 0.05) is 36.3 Å². The van der Waals surface area contributed by atoms with Crippen LogP contribution in [-0.4, -0.2) is 34.8 Å². The van der Waals surface area contributed by atoms with Gasteiger partial charge in [-0.3, -0.25) is 14.6 Å². The van der Waals surface area contributed by atoms with E-state index in [1.807, 2.05) is 43.3 Å². The van der Waals surface area contributed by atoms with Crippen LogP contribution in [0.25, 0.3) is 11.3 Å². The zero-order chi connectivity index (χ0) is 17.1. The summed E-state index contributed by atoms with van der Waals surface area (Å²) in [4.78, 5) is 30.0. The first kappa shape index (κ1) is 16.2. The first-order chi connectivity index (χ1) is 11.6. The summed E-state index contributed by atoms with van der Waals surface area (Å²) in [7, 11) is 0.